The first-order chi connectivity index (χ1) is 6.38. The van der Waals surface area contributed by atoms with Crippen molar-refractivity contribution in [3.63, 3.8) is 0 Å². The molecule has 0 aliphatic carbocycles. The van der Waals surface area contributed by atoms with Crippen LogP contribution in [-0.2, 0) is 10.4 Å². The molecule has 0 spiro atoms. The molecule has 14 heavy (non-hydrogen) atoms. The molecule has 0 aliphatic heterocycles. The zero-order valence-electron chi connectivity index (χ0n) is 7.26. The lowest BCUT2D eigenvalue weighted by atomic mass is 10.1. The molecule has 0 saturated heterocycles. The van der Waals surface area contributed by atoms with E-state index in [1.165, 1.54) is 31.2 Å². The van der Waals surface area contributed by atoms with Gasteiger partial charge in [0.1, 0.15) is 5.75 Å². The van der Waals surface area contributed by atoms with E-state index < -0.39 is 10.4 Å². The molecule has 0 unspecified atom stereocenters. The Bertz CT molecular complexity index is 431. The maximum Gasteiger partial charge on any atom is 0.262 e. The monoisotopic (exact) mass is 215 g/mol. The molecule has 0 aliphatic rings. The summed E-state index contributed by atoms with van der Waals surface area (Å²) in [5.74, 6) is -0.258. The highest BCUT2D eigenvalue weighted by molar-refractivity contribution is 7.81. The summed E-state index contributed by atoms with van der Waals surface area (Å²) >= 11 is 0. The largest absolute Gasteiger partial charge is 0.716 e. The van der Waals surface area contributed by atoms with Gasteiger partial charge in [0, 0.05) is 5.56 Å². The fraction of sp³-hybridized carbons (Fsp3) is 0.125. The van der Waals surface area contributed by atoms with Crippen molar-refractivity contribution in [3.8, 4) is 5.75 Å². The van der Waals surface area contributed by atoms with E-state index >= 15 is 0 Å². The molecule has 0 aromatic heterocycles. The molecule has 0 heterocycles. The Hall–Kier alpha value is -1.40. The van der Waals surface area contributed by atoms with Crippen LogP contribution in [0.1, 0.15) is 17.3 Å². The summed E-state index contributed by atoms with van der Waals surface area (Å²) in [6.45, 7) is 1.38. The maximum absolute atomic E-state index is 10.8. The average Bonchev–Trinajstić information content (AvgIpc) is 2.02. The van der Waals surface area contributed by atoms with Crippen LogP contribution in [0.15, 0.2) is 24.3 Å². The minimum atomic E-state index is -4.75. The number of hydrogen-bond acceptors (Lipinski definition) is 5. The van der Waals surface area contributed by atoms with Gasteiger partial charge < -0.3 is 8.74 Å². The lowest BCUT2D eigenvalue weighted by Gasteiger charge is -2.08. The highest BCUT2D eigenvalue weighted by Gasteiger charge is 2.01. The van der Waals surface area contributed by atoms with Crippen molar-refractivity contribution in [2.75, 3.05) is 0 Å². The van der Waals surface area contributed by atoms with Crippen LogP contribution in [0.25, 0.3) is 0 Å². The number of carbonyl (C=O) groups is 1. The van der Waals surface area contributed by atoms with Crippen LogP contribution < -0.4 is 4.18 Å². The van der Waals surface area contributed by atoms with Crippen molar-refractivity contribution in [2.45, 2.75) is 6.92 Å². The lowest BCUT2D eigenvalue weighted by Crippen LogP contribution is -2.07. The van der Waals surface area contributed by atoms with E-state index in [-0.39, 0.29) is 11.5 Å². The fourth-order valence-corrected chi connectivity index (χ4v) is 1.21. The van der Waals surface area contributed by atoms with Gasteiger partial charge in [-0.15, -0.1) is 0 Å². The first-order valence-corrected chi connectivity index (χ1v) is 4.98. The Morgan fingerprint density at radius 3 is 2.14 bits per heavy atom. The second-order valence-corrected chi connectivity index (χ2v) is 3.56. The first kappa shape index (κ1) is 10.7. The third-order valence-electron chi connectivity index (χ3n) is 1.46. The van der Waals surface area contributed by atoms with Crippen LogP contribution >= 0.6 is 0 Å². The minimum absolute atomic E-state index is 0.106. The Morgan fingerprint density at radius 1 is 1.29 bits per heavy atom. The zero-order valence-corrected chi connectivity index (χ0v) is 8.08. The van der Waals surface area contributed by atoms with E-state index in [1.54, 1.807) is 0 Å². The number of ketones is 1. The van der Waals surface area contributed by atoms with Gasteiger partial charge in [0.05, 0.1) is 0 Å². The van der Waals surface area contributed by atoms with E-state index in [4.69, 9.17) is 0 Å². The van der Waals surface area contributed by atoms with Gasteiger partial charge in [0.15, 0.2) is 5.78 Å². The lowest BCUT2D eigenvalue weighted by molar-refractivity contribution is 0.101. The van der Waals surface area contributed by atoms with Gasteiger partial charge in [0.2, 0.25) is 0 Å². The van der Waals surface area contributed by atoms with Crippen molar-refractivity contribution < 1.29 is 21.9 Å². The van der Waals surface area contributed by atoms with Crippen LogP contribution in [-0.4, -0.2) is 18.8 Å². The van der Waals surface area contributed by atoms with Crippen LogP contribution in [0.4, 0.5) is 0 Å². The minimum Gasteiger partial charge on any atom is -0.716 e. The maximum atomic E-state index is 10.8. The Morgan fingerprint density at radius 2 is 1.79 bits per heavy atom. The van der Waals surface area contributed by atoms with Gasteiger partial charge in [-0.25, -0.2) is 8.42 Å². The van der Waals surface area contributed by atoms with Crippen LogP contribution in [0.2, 0.25) is 0 Å². The average molecular weight is 215 g/mol. The molecule has 0 fully saturated rings. The van der Waals surface area contributed by atoms with E-state index in [1.807, 2.05) is 0 Å². The molecular formula is C8H7O5S-. The van der Waals surface area contributed by atoms with Crippen LogP contribution in [0.5, 0.6) is 5.75 Å². The molecule has 1 aromatic rings. The molecule has 0 N–H and O–H groups in total. The van der Waals surface area contributed by atoms with E-state index in [0.29, 0.717) is 5.56 Å². The van der Waals surface area contributed by atoms with Crippen molar-refractivity contribution in [2.24, 2.45) is 0 Å². The molecule has 0 bridgehead atoms. The molecule has 0 radical (unpaired) electrons. The predicted molar refractivity (Wildman–Crippen MR) is 46.8 cm³/mol. The second-order valence-electron chi connectivity index (χ2n) is 2.57. The molecule has 0 saturated carbocycles. The van der Waals surface area contributed by atoms with Gasteiger partial charge in [-0.1, -0.05) is 0 Å². The molecule has 0 amide bonds. The van der Waals surface area contributed by atoms with Crippen LogP contribution in [0.3, 0.4) is 0 Å². The smallest absolute Gasteiger partial charge is 0.262 e. The van der Waals surface area contributed by atoms with Gasteiger partial charge in [-0.3, -0.25) is 4.79 Å². The summed E-state index contributed by atoms with van der Waals surface area (Å²) in [5, 5.41) is 0. The fourth-order valence-electron chi connectivity index (χ4n) is 0.863. The SMILES string of the molecule is CC(=O)c1ccc(OS(=O)(=O)[O-])cc1. The normalized spacial score (nSPS) is 11.0. The summed E-state index contributed by atoms with van der Waals surface area (Å²) < 4.78 is 34.6. The third-order valence-corrected chi connectivity index (χ3v) is 1.86. The number of hydrogen-bond donors (Lipinski definition) is 0. The summed E-state index contributed by atoms with van der Waals surface area (Å²) in [6.07, 6.45) is 0. The predicted octanol–water partition coefficient (Wildman–Crippen LogP) is 0.728. The summed E-state index contributed by atoms with van der Waals surface area (Å²) in [4.78, 5) is 10.8. The number of Topliss-reactive ketones (excluding diaryl/α,β-unsaturated/α-hetero) is 1. The van der Waals surface area contributed by atoms with Gasteiger partial charge >= 0.3 is 0 Å². The van der Waals surface area contributed by atoms with Crippen molar-refractivity contribution >= 4 is 16.2 Å². The van der Waals surface area contributed by atoms with Gasteiger partial charge in [-0.05, 0) is 31.2 Å². The quantitative estimate of drug-likeness (QED) is 0.421. The first-order valence-electron chi connectivity index (χ1n) is 3.65. The Labute approximate surface area is 81.3 Å². The zero-order chi connectivity index (χ0) is 10.8. The highest BCUT2D eigenvalue weighted by atomic mass is 32.3. The Balaban J connectivity index is 2.90. The number of benzene rings is 1. The summed E-state index contributed by atoms with van der Waals surface area (Å²) in [6, 6.07) is 5.24. The molecule has 1 aromatic carbocycles. The van der Waals surface area contributed by atoms with E-state index in [0.717, 1.165) is 0 Å². The molecule has 0 atom stereocenters. The van der Waals surface area contributed by atoms with Crippen LogP contribution in [0, 0.1) is 0 Å². The highest BCUT2D eigenvalue weighted by Crippen LogP contribution is 2.13. The molecule has 6 heteroatoms. The summed E-state index contributed by atoms with van der Waals surface area (Å²) in [5.41, 5.74) is 0.417. The van der Waals surface area contributed by atoms with Crippen molar-refractivity contribution in [1.82, 2.24) is 0 Å². The van der Waals surface area contributed by atoms with Gasteiger partial charge in [0.25, 0.3) is 10.4 Å². The standard InChI is InChI=1S/C8H8O5S/c1-6(9)7-2-4-8(5-3-7)13-14(10,11)12/h2-5H,1H3,(H,10,11,12)/p-1. The molecule has 76 valence electrons. The second kappa shape index (κ2) is 3.77. The molecular weight excluding hydrogens is 208 g/mol. The van der Waals surface area contributed by atoms with Crippen molar-refractivity contribution in [1.29, 1.82) is 0 Å². The van der Waals surface area contributed by atoms with Crippen molar-refractivity contribution in [3.05, 3.63) is 29.8 Å². The summed E-state index contributed by atoms with van der Waals surface area (Å²) in [7, 11) is -4.75. The van der Waals surface area contributed by atoms with E-state index in [9.17, 15) is 17.8 Å². The molecule has 1 rings (SSSR count). The topological polar surface area (TPSA) is 83.5 Å². The van der Waals surface area contributed by atoms with E-state index in [2.05, 4.69) is 4.18 Å². The number of rotatable bonds is 3. The van der Waals surface area contributed by atoms with Gasteiger partial charge in [-0.2, -0.15) is 0 Å². The number of carbonyl (C=O) groups excluding carboxylic acids is 1. The third kappa shape index (κ3) is 3.15. The molecule has 5 nitrogen and oxygen atoms in total. The Kier molecular flexibility index (Phi) is 2.87.